The first-order chi connectivity index (χ1) is 6.26. The largest absolute Gasteiger partial charge is 0.312 e. The van der Waals surface area contributed by atoms with E-state index in [-0.39, 0.29) is 0 Å². The Morgan fingerprint density at radius 1 is 1.38 bits per heavy atom. The van der Waals surface area contributed by atoms with Crippen molar-refractivity contribution in [2.45, 2.75) is 58.0 Å². The fourth-order valence-corrected chi connectivity index (χ4v) is 1.91. The van der Waals surface area contributed by atoms with Crippen molar-refractivity contribution in [1.29, 1.82) is 5.26 Å². The Bertz CT molecular complexity index is 175. The van der Waals surface area contributed by atoms with E-state index in [9.17, 15) is 0 Å². The molecule has 0 aliphatic heterocycles. The highest BCUT2D eigenvalue weighted by molar-refractivity contribution is 4.89. The van der Waals surface area contributed by atoms with Crippen molar-refractivity contribution in [3.05, 3.63) is 0 Å². The maximum absolute atomic E-state index is 8.73. The van der Waals surface area contributed by atoms with E-state index in [1.54, 1.807) is 0 Å². The molecule has 13 heavy (non-hydrogen) atoms. The van der Waals surface area contributed by atoms with Crippen molar-refractivity contribution in [3.8, 4) is 6.07 Å². The smallest absolute Gasteiger partial charge is 0.0655 e. The van der Waals surface area contributed by atoms with Gasteiger partial charge < -0.3 is 5.32 Å². The highest BCUT2D eigenvalue weighted by Crippen LogP contribution is 2.23. The molecule has 1 fully saturated rings. The summed E-state index contributed by atoms with van der Waals surface area (Å²) in [5, 5.41) is 12.3. The van der Waals surface area contributed by atoms with E-state index in [1.807, 2.05) is 0 Å². The third-order valence-corrected chi connectivity index (χ3v) is 3.04. The molecular formula is C11H20N2. The van der Waals surface area contributed by atoms with Crippen LogP contribution < -0.4 is 5.32 Å². The molecule has 1 saturated carbocycles. The van der Waals surface area contributed by atoms with Crippen LogP contribution in [0.25, 0.3) is 0 Å². The van der Waals surface area contributed by atoms with Gasteiger partial charge in [0.15, 0.2) is 0 Å². The maximum atomic E-state index is 8.73. The van der Waals surface area contributed by atoms with Crippen molar-refractivity contribution in [1.82, 2.24) is 5.32 Å². The van der Waals surface area contributed by atoms with E-state index < -0.39 is 0 Å². The number of hydrogen-bond acceptors (Lipinski definition) is 2. The SMILES string of the molecule is CCC(C)NC1CCC(C#N)CC1. The van der Waals surface area contributed by atoms with E-state index in [0.717, 1.165) is 12.8 Å². The highest BCUT2D eigenvalue weighted by atomic mass is 14.9. The first-order valence-corrected chi connectivity index (χ1v) is 5.42. The van der Waals surface area contributed by atoms with Gasteiger partial charge in [-0.05, 0) is 39.0 Å². The second kappa shape index (κ2) is 5.24. The third-order valence-electron chi connectivity index (χ3n) is 3.04. The Balaban J connectivity index is 2.22. The fourth-order valence-electron chi connectivity index (χ4n) is 1.91. The molecule has 1 aliphatic carbocycles. The number of rotatable bonds is 3. The topological polar surface area (TPSA) is 35.8 Å². The van der Waals surface area contributed by atoms with Crippen LogP contribution >= 0.6 is 0 Å². The summed E-state index contributed by atoms with van der Waals surface area (Å²) < 4.78 is 0. The van der Waals surface area contributed by atoms with E-state index in [4.69, 9.17) is 5.26 Å². The molecule has 0 spiro atoms. The predicted molar refractivity (Wildman–Crippen MR) is 54.2 cm³/mol. The van der Waals surface area contributed by atoms with Crippen LogP contribution in [-0.2, 0) is 0 Å². The second-order valence-corrected chi connectivity index (χ2v) is 4.15. The van der Waals surface area contributed by atoms with Crippen LogP contribution in [0.1, 0.15) is 46.0 Å². The van der Waals surface area contributed by atoms with Gasteiger partial charge in [0, 0.05) is 18.0 Å². The van der Waals surface area contributed by atoms with Crippen molar-refractivity contribution in [2.75, 3.05) is 0 Å². The summed E-state index contributed by atoms with van der Waals surface area (Å²) in [4.78, 5) is 0. The van der Waals surface area contributed by atoms with E-state index in [1.165, 1.54) is 19.3 Å². The van der Waals surface area contributed by atoms with Gasteiger partial charge in [0.1, 0.15) is 0 Å². The number of nitrogens with zero attached hydrogens (tertiary/aromatic N) is 1. The van der Waals surface area contributed by atoms with Gasteiger partial charge in [-0.3, -0.25) is 0 Å². The average Bonchev–Trinajstić information content (AvgIpc) is 2.19. The minimum Gasteiger partial charge on any atom is -0.312 e. The molecule has 74 valence electrons. The molecule has 0 aromatic rings. The van der Waals surface area contributed by atoms with Gasteiger partial charge in [0.25, 0.3) is 0 Å². The normalized spacial score (nSPS) is 30.8. The Morgan fingerprint density at radius 2 is 2.00 bits per heavy atom. The minimum atomic E-state index is 0.329. The predicted octanol–water partition coefficient (Wildman–Crippen LogP) is 2.46. The van der Waals surface area contributed by atoms with E-state index in [2.05, 4.69) is 25.2 Å². The Morgan fingerprint density at radius 3 is 2.46 bits per heavy atom. The van der Waals surface area contributed by atoms with Crippen LogP contribution in [0.2, 0.25) is 0 Å². The Hall–Kier alpha value is -0.550. The molecular weight excluding hydrogens is 160 g/mol. The molecule has 0 aromatic carbocycles. The van der Waals surface area contributed by atoms with Crippen LogP contribution in [0.5, 0.6) is 0 Å². The van der Waals surface area contributed by atoms with Gasteiger partial charge in [0.05, 0.1) is 6.07 Å². The van der Waals surface area contributed by atoms with Crippen LogP contribution in [0, 0.1) is 17.2 Å². The summed E-state index contributed by atoms with van der Waals surface area (Å²) in [6.07, 6.45) is 5.73. The number of nitrogens with one attached hydrogen (secondary N) is 1. The molecule has 0 aromatic heterocycles. The zero-order chi connectivity index (χ0) is 9.68. The summed E-state index contributed by atoms with van der Waals surface area (Å²) >= 11 is 0. The van der Waals surface area contributed by atoms with Crippen molar-refractivity contribution >= 4 is 0 Å². The van der Waals surface area contributed by atoms with Crippen molar-refractivity contribution in [2.24, 2.45) is 5.92 Å². The monoisotopic (exact) mass is 180 g/mol. The fraction of sp³-hybridized carbons (Fsp3) is 0.909. The molecule has 0 radical (unpaired) electrons. The minimum absolute atomic E-state index is 0.329. The molecule has 0 saturated heterocycles. The lowest BCUT2D eigenvalue weighted by Crippen LogP contribution is -2.38. The number of hydrogen-bond donors (Lipinski definition) is 1. The maximum Gasteiger partial charge on any atom is 0.0655 e. The van der Waals surface area contributed by atoms with Crippen LogP contribution in [0.15, 0.2) is 0 Å². The van der Waals surface area contributed by atoms with Crippen LogP contribution in [0.3, 0.4) is 0 Å². The van der Waals surface area contributed by atoms with Crippen molar-refractivity contribution < 1.29 is 0 Å². The number of nitriles is 1. The van der Waals surface area contributed by atoms with Gasteiger partial charge in [0.2, 0.25) is 0 Å². The molecule has 1 unspecified atom stereocenters. The quantitative estimate of drug-likeness (QED) is 0.724. The van der Waals surface area contributed by atoms with E-state index in [0.29, 0.717) is 18.0 Å². The van der Waals surface area contributed by atoms with Gasteiger partial charge in [-0.1, -0.05) is 6.92 Å². The lowest BCUT2D eigenvalue weighted by molar-refractivity contribution is 0.308. The van der Waals surface area contributed by atoms with Crippen LogP contribution in [0.4, 0.5) is 0 Å². The average molecular weight is 180 g/mol. The lowest BCUT2D eigenvalue weighted by atomic mass is 9.86. The summed E-state index contributed by atoms with van der Waals surface area (Å²) in [7, 11) is 0. The first kappa shape index (κ1) is 10.5. The van der Waals surface area contributed by atoms with E-state index >= 15 is 0 Å². The summed E-state index contributed by atoms with van der Waals surface area (Å²) in [6.45, 7) is 4.44. The van der Waals surface area contributed by atoms with Gasteiger partial charge >= 0.3 is 0 Å². The molecule has 2 nitrogen and oxygen atoms in total. The zero-order valence-electron chi connectivity index (χ0n) is 8.71. The molecule has 0 amide bonds. The summed E-state index contributed by atoms with van der Waals surface area (Å²) in [6, 6.07) is 3.66. The second-order valence-electron chi connectivity index (χ2n) is 4.15. The standard InChI is InChI=1S/C11H20N2/c1-3-9(2)13-11-6-4-10(8-12)5-7-11/h9-11,13H,3-7H2,1-2H3. The van der Waals surface area contributed by atoms with Crippen molar-refractivity contribution in [3.63, 3.8) is 0 Å². The Labute approximate surface area is 81.3 Å². The molecule has 1 N–H and O–H groups in total. The molecule has 0 heterocycles. The van der Waals surface area contributed by atoms with Gasteiger partial charge in [-0.15, -0.1) is 0 Å². The molecule has 0 bridgehead atoms. The zero-order valence-corrected chi connectivity index (χ0v) is 8.71. The first-order valence-electron chi connectivity index (χ1n) is 5.42. The molecule has 1 aliphatic rings. The summed E-state index contributed by atoms with van der Waals surface area (Å²) in [5.74, 6) is 0.329. The lowest BCUT2D eigenvalue weighted by Gasteiger charge is -2.28. The third kappa shape index (κ3) is 3.36. The molecule has 1 rings (SSSR count). The highest BCUT2D eigenvalue weighted by Gasteiger charge is 2.21. The summed E-state index contributed by atoms with van der Waals surface area (Å²) in [5.41, 5.74) is 0. The molecule has 2 heteroatoms. The van der Waals surface area contributed by atoms with Gasteiger partial charge in [-0.2, -0.15) is 5.26 Å². The van der Waals surface area contributed by atoms with Gasteiger partial charge in [-0.25, -0.2) is 0 Å². The van der Waals surface area contributed by atoms with Crippen LogP contribution in [-0.4, -0.2) is 12.1 Å². The molecule has 1 atom stereocenters. The Kier molecular flexibility index (Phi) is 4.24.